The summed E-state index contributed by atoms with van der Waals surface area (Å²) in [5, 5.41) is 13.9. The number of fused-ring (bicyclic) bond motifs is 1. The van der Waals surface area contributed by atoms with Crippen molar-refractivity contribution in [2.45, 2.75) is 33.1 Å². The molecule has 2 atom stereocenters. The van der Waals surface area contributed by atoms with Crippen LogP contribution in [0.15, 0.2) is 30.5 Å². The molecule has 6 rings (SSSR count). The first-order chi connectivity index (χ1) is 17.3. The first-order valence-corrected chi connectivity index (χ1v) is 12.7. The standard InChI is InChI=1S/C26H31N7O3/c1-17-6-9-30(13-17)19-12-18(2)23-28-22(29-33(23)14-19)24(34)32-11-8-26(16-32)7-10-31(15-26)21-5-3-4-20(27-21)25(35)36/h3-5,12,14,17H,6-11,13,15-16H2,1-2H3,(H,35,36)/t17?,26-/m1/s1. The second-order valence-electron chi connectivity index (χ2n) is 10.8. The van der Waals surface area contributed by atoms with Gasteiger partial charge in [-0.1, -0.05) is 13.0 Å². The fourth-order valence-electron chi connectivity index (χ4n) is 6.00. The number of aryl methyl sites for hydroxylation is 1. The molecule has 3 fully saturated rings. The highest BCUT2D eigenvalue weighted by Gasteiger charge is 2.45. The van der Waals surface area contributed by atoms with E-state index in [0.717, 1.165) is 55.9 Å². The Bertz CT molecular complexity index is 1350. The molecule has 0 radical (unpaired) electrons. The van der Waals surface area contributed by atoms with Crippen LogP contribution in [-0.2, 0) is 0 Å². The summed E-state index contributed by atoms with van der Waals surface area (Å²) >= 11 is 0. The largest absolute Gasteiger partial charge is 0.477 e. The summed E-state index contributed by atoms with van der Waals surface area (Å²) in [4.78, 5) is 40.0. The lowest BCUT2D eigenvalue weighted by Crippen LogP contribution is -2.34. The van der Waals surface area contributed by atoms with Crippen molar-refractivity contribution < 1.29 is 14.7 Å². The molecule has 188 valence electrons. The number of likely N-dealkylation sites (tertiary alicyclic amines) is 1. The van der Waals surface area contributed by atoms with Crippen LogP contribution in [0, 0.1) is 18.3 Å². The van der Waals surface area contributed by atoms with Crippen LogP contribution in [0.4, 0.5) is 11.5 Å². The average Bonchev–Trinajstić information content (AvgIpc) is 3.66. The molecule has 6 heterocycles. The molecule has 3 aliphatic heterocycles. The molecule has 3 aliphatic rings. The summed E-state index contributed by atoms with van der Waals surface area (Å²) < 4.78 is 1.76. The van der Waals surface area contributed by atoms with Crippen molar-refractivity contribution in [3.8, 4) is 0 Å². The smallest absolute Gasteiger partial charge is 0.354 e. The number of pyridine rings is 2. The van der Waals surface area contributed by atoms with Gasteiger partial charge in [-0.25, -0.2) is 19.3 Å². The lowest BCUT2D eigenvalue weighted by molar-refractivity contribution is 0.0689. The van der Waals surface area contributed by atoms with Crippen molar-refractivity contribution in [1.82, 2.24) is 24.5 Å². The van der Waals surface area contributed by atoms with Gasteiger partial charge in [-0.05, 0) is 55.9 Å². The van der Waals surface area contributed by atoms with Crippen LogP contribution in [0.2, 0.25) is 0 Å². The van der Waals surface area contributed by atoms with Gasteiger partial charge >= 0.3 is 5.97 Å². The Morgan fingerprint density at radius 2 is 1.92 bits per heavy atom. The molecule has 0 aliphatic carbocycles. The summed E-state index contributed by atoms with van der Waals surface area (Å²) in [5.74, 6) is 0.446. The highest BCUT2D eigenvalue weighted by molar-refractivity contribution is 5.91. The Balaban J connectivity index is 1.17. The summed E-state index contributed by atoms with van der Waals surface area (Å²) in [6, 6.07) is 7.23. The molecule has 0 saturated carbocycles. The van der Waals surface area contributed by atoms with Gasteiger partial charge in [0.15, 0.2) is 11.3 Å². The monoisotopic (exact) mass is 489 g/mol. The molecule has 1 amide bonds. The van der Waals surface area contributed by atoms with Gasteiger partial charge in [-0.2, -0.15) is 0 Å². The Morgan fingerprint density at radius 3 is 2.69 bits per heavy atom. The zero-order chi connectivity index (χ0) is 25.0. The van der Waals surface area contributed by atoms with Gasteiger partial charge in [0, 0.05) is 44.7 Å². The lowest BCUT2D eigenvalue weighted by atomic mass is 9.86. The number of hydrogen-bond donors (Lipinski definition) is 1. The molecular weight excluding hydrogens is 458 g/mol. The van der Waals surface area contributed by atoms with Crippen molar-refractivity contribution in [2.75, 3.05) is 49.1 Å². The number of aromatic nitrogens is 4. The molecule has 1 spiro atoms. The second kappa shape index (κ2) is 8.46. The predicted octanol–water partition coefficient (Wildman–Crippen LogP) is 2.72. The zero-order valence-corrected chi connectivity index (χ0v) is 20.7. The molecule has 10 heteroatoms. The number of anilines is 2. The van der Waals surface area contributed by atoms with E-state index >= 15 is 0 Å². The summed E-state index contributed by atoms with van der Waals surface area (Å²) in [7, 11) is 0. The molecule has 0 aromatic carbocycles. The Labute approximate surface area is 209 Å². The topological polar surface area (TPSA) is 107 Å². The molecular formula is C26H31N7O3. The first-order valence-electron chi connectivity index (χ1n) is 12.7. The van der Waals surface area contributed by atoms with E-state index in [1.165, 1.54) is 12.5 Å². The molecule has 1 unspecified atom stereocenters. The maximum atomic E-state index is 13.4. The van der Waals surface area contributed by atoms with Crippen molar-refractivity contribution in [2.24, 2.45) is 11.3 Å². The van der Waals surface area contributed by atoms with E-state index in [1.807, 2.05) is 24.1 Å². The maximum Gasteiger partial charge on any atom is 0.354 e. The van der Waals surface area contributed by atoms with Gasteiger partial charge in [-0.3, -0.25) is 4.79 Å². The normalized spacial score (nSPS) is 23.9. The van der Waals surface area contributed by atoms with Gasteiger partial charge in [0.05, 0.1) is 11.9 Å². The summed E-state index contributed by atoms with van der Waals surface area (Å²) in [5.41, 5.74) is 2.89. The maximum absolute atomic E-state index is 13.4. The van der Waals surface area contributed by atoms with Crippen LogP contribution < -0.4 is 9.80 Å². The molecule has 3 saturated heterocycles. The fraction of sp³-hybridized carbons (Fsp3) is 0.500. The van der Waals surface area contributed by atoms with Crippen molar-refractivity contribution in [3.05, 3.63) is 47.5 Å². The molecule has 10 nitrogen and oxygen atoms in total. The van der Waals surface area contributed by atoms with Crippen LogP contribution in [0.3, 0.4) is 0 Å². The third-order valence-corrected chi connectivity index (χ3v) is 8.02. The number of carbonyl (C=O) groups is 2. The van der Waals surface area contributed by atoms with E-state index in [9.17, 15) is 14.7 Å². The molecule has 1 N–H and O–H groups in total. The number of carbonyl (C=O) groups excluding carboxylic acids is 1. The summed E-state index contributed by atoms with van der Waals surface area (Å²) in [6.07, 6.45) is 5.01. The van der Waals surface area contributed by atoms with Gasteiger partial charge < -0.3 is 19.8 Å². The Kier molecular flexibility index (Phi) is 5.35. The number of aromatic carboxylic acids is 1. The number of amides is 1. The van der Waals surface area contributed by atoms with Crippen LogP contribution in [-0.4, -0.2) is 80.7 Å². The predicted molar refractivity (Wildman–Crippen MR) is 135 cm³/mol. The van der Waals surface area contributed by atoms with E-state index in [4.69, 9.17) is 0 Å². The van der Waals surface area contributed by atoms with E-state index in [0.29, 0.717) is 24.8 Å². The molecule has 3 aromatic rings. The van der Waals surface area contributed by atoms with E-state index in [-0.39, 0.29) is 22.8 Å². The van der Waals surface area contributed by atoms with Crippen LogP contribution in [0.25, 0.3) is 5.65 Å². The number of nitrogens with zero attached hydrogens (tertiary/aromatic N) is 7. The number of carboxylic acid groups (broad SMARTS) is 1. The average molecular weight is 490 g/mol. The van der Waals surface area contributed by atoms with Crippen LogP contribution in [0.1, 0.15) is 52.9 Å². The lowest BCUT2D eigenvalue weighted by Gasteiger charge is -2.24. The zero-order valence-electron chi connectivity index (χ0n) is 20.7. The number of carboxylic acids is 1. The molecule has 36 heavy (non-hydrogen) atoms. The van der Waals surface area contributed by atoms with Crippen LogP contribution >= 0.6 is 0 Å². The van der Waals surface area contributed by atoms with Gasteiger partial charge in [0.2, 0.25) is 5.82 Å². The first kappa shape index (κ1) is 22.8. The molecule has 0 bridgehead atoms. The molecule has 3 aromatic heterocycles. The van der Waals surface area contributed by atoms with Crippen molar-refractivity contribution in [1.29, 1.82) is 0 Å². The minimum Gasteiger partial charge on any atom is -0.477 e. The van der Waals surface area contributed by atoms with Crippen molar-refractivity contribution in [3.63, 3.8) is 0 Å². The van der Waals surface area contributed by atoms with E-state index < -0.39 is 5.97 Å². The fourth-order valence-corrected chi connectivity index (χ4v) is 6.00. The van der Waals surface area contributed by atoms with E-state index in [2.05, 4.69) is 37.9 Å². The highest BCUT2D eigenvalue weighted by Crippen LogP contribution is 2.41. The van der Waals surface area contributed by atoms with Gasteiger partial charge in [-0.15, -0.1) is 5.10 Å². The number of hydrogen-bond acceptors (Lipinski definition) is 7. The van der Waals surface area contributed by atoms with Crippen molar-refractivity contribution >= 4 is 29.0 Å². The van der Waals surface area contributed by atoms with Gasteiger partial charge in [0.25, 0.3) is 5.91 Å². The van der Waals surface area contributed by atoms with E-state index in [1.54, 1.807) is 10.6 Å². The van der Waals surface area contributed by atoms with Crippen LogP contribution in [0.5, 0.6) is 0 Å². The summed E-state index contributed by atoms with van der Waals surface area (Å²) in [6.45, 7) is 9.22. The second-order valence-corrected chi connectivity index (χ2v) is 10.8. The highest BCUT2D eigenvalue weighted by atomic mass is 16.4. The number of rotatable bonds is 4. The minimum atomic E-state index is -1.03. The quantitative estimate of drug-likeness (QED) is 0.596. The van der Waals surface area contributed by atoms with Gasteiger partial charge in [0.1, 0.15) is 5.82 Å². The third-order valence-electron chi connectivity index (χ3n) is 8.02. The Hall–Kier alpha value is -3.69. The third kappa shape index (κ3) is 3.94. The SMILES string of the molecule is Cc1cc(N2CCC(C)C2)cn2nc(C(=O)N3CC[C@@]4(CCN(c5cccc(C(=O)O)n5)C4)C3)nc12. The Morgan fingerprint density at radius 1 is 1.08 bits per heavy atom. The minimum absolute atomic E-state index is 0.0226.